The zero-order valence-electron chi connectivity index (χ0n) is 21.2. The van der Waals surface area contributed by atoms with Gasteiger partial charge >= 0.3 is 0 Å². The van der Waals surface area contributed by atoms with Gasteiger partial charge in [0.05, 0.1) is 48.4 Å². The van der Waals surface area contributed by atoms with Gasteiger partial charge in [-0.25, -0.2) is 4.98 Å². The first-order chi connectivity index (χ1) is 17.8. The number of pyridine rings is 2. The number of aliphatic hydroxyl groups excluding tert-OH is 1. The standard InChI is InChI=1S/C26H30N8O3/c1-17-19(20-15-22(34-9-12-37-13-10-34)33-25(32-20)29-8-11-35)14-21(23(30-17)26(2,3)16-27)31-24(36)18-4-6-28-7-5-18/h4-7,14-15,35H,8-13H2,1-3H3,(H,31,36)(H,29,32,33). The van der Waals surface area contributed by atoms with Crippen LogP contribution in [0.3, 0.4) is 0 Å². The largest absolute Gasteiger partial charge is 0.395 e. The molecule has 0 spiro atoms. The molecule has 0 radical (unpaired) electrons. The molecule has 192 valence electrons. The van der Waals surface area contributed by atoms with Gasteiger partial charge in [-0.2, -0.15) is 10.2 Å². The molecule has 0 aromatic carbocycles. The van der Waals surface area contributed by atoms with E-state index in [1.807, 2.05) is 13.0 Å². The van der Waals surface area contributed by atoms with Crippen LogP contribution in [0.25, 0.3) is 11.3 Å². The Morgan fingerprint density at radius 3 is 2.59 bits per heavy atom. The molecule has 1 aliphatic rings. The number of anilines is 3. The van der Waals surface area contributed by atoms with Gasteiger partial charge < -0.3 is 25.4 Å². The summed E-state index contributed by atoms with van der Waals surface area (Å²) in [5, 5.41) is 25.1. The van der Waals surface area contributed by atoms with Crippen LogP contribution in [0.5, 0.6) is 0 Å². The summed E-state index contributed by atoms with van der Waals surface area (Å²) in [5.41, 5.74) is 2.30. The van der Waals surface area contributed by atoms with E-state index in [2.05, 4.69) is 36.6 Å². The second-order valence-electron chi connectivity index (χ2n) is 9.13. The Labute approximate surface area is 215 Å². The lowest BCUT2D eigenvalue weighted by molar-refractivity contribution is 0.102. The van der Waals surface area contributed by atoms with Crippen molar-refractivity contribution in [3.8, 4) is 17.3 Å². The molecular weight excluding hydrogens is 472 g/mol. The van der Waals surface area contributed by atoms with E-state index < -0.39 is 5.41 Å². The van der Waals surface area contributed by atoms with E-state index in [0.29, 0.717) is 72.7 Å². The van der Waals surface area contributed by atoms with Crippen molar-refractivity contribution in [1.29, 1.82) is 5.26 Å². The first kappa shape index (κ1) is 25.9. The van der Waals surface area contributed by atoms with Gasteiger partial charge in [-0.05, 0) is 39.0 Å². The molecule has 0 saturated carbocycles. The van der Waals surface area contributed by atoms with Gasteiger partial charge in [-0.15, -0.1) is 0 Å². The van der Waals surface area contributed by atoms with Crippen LogP contribution in [0, 0.1) is 18.3 Å². The normalized spacial score (nSPS) is 13.6. The van der Waals surface area contributed by atoms with Crippen molar-refractivity contribution in [2.75, 3.05) is 55.0 Å². The van der Waals surface area contributed by atoms with Gasteiger partial charge in [0, 0.05) is 54.9 Å². The number of hydrogen-bond acceptors (Lipinski definition) is 10. The number of aromatic nitrogens is 4. The molecule has 1 aliphatic heterocycles. The minimum atomic E-state index is -0.956. The molecule has 0 atom stereocenters. The van der Waals surface area contributed by atoms with E-state index in [0.717, 1.165) is 5.82 Å². The number of aliphatic hydroxyl groups is 1. The van der Waals surface area contributed by atoms with Crippen LogP contribution < -0.4 is 15.5 Å². The summed E-state index contributed by atoms with van der Waals surface area (Å²) in [6.45, 7) is 8.17. The second-order valence-corrected chi connectivity index (χ2v) is 9.13. The summed E-state index contributed by atoms with van der Waals surface area (Å²) in [6.07, 6.45) is 3.09. The third kappa shape index (κ3) is 5.99. The van der Waals surface area contributed by atoms with Crippen LogP contribution >= 0.6 is 0 Å². The first-order valence-corrected chi connectivity index (χ1v) is 12.0. The molecule has 4 heterocycles. The highest BCUT2D eigenvalue weighted by Gasteiger charge is 2.28. The second kappa shape index (κ2) is 11.3. The Kier molecular flexibility index (Phi) is 7.91. The van der Waals surface area contributed by atoms with Crippen LogP contribution in [0.1, 0.15) is 35.6 Å². The number of nitrogens with one attached hydrogen (secondary N) is 2. The minimum absolute atomic E-state index is 0.0653. The monoisotopic (exact) mass is 502 g/mol. The fourth-order valence-electron chi connectivity index (χ4n) is 3.96. The molecule has 0 bridgehead atoms. The molecule has 3 N–H and O–H groups in total. The number of nitriles is 1. The average molecular weight is 503 g/mol. The van der Waals surface area contributed by atoms with Crippen molar-refractivity contribution < 1.29 is 14.6 Å². The number of carbonyl (C=O) groups excluding carboxylic acids is 1. The van der Waals surface area contributed by atoms with Crippen LogP contribution in [0.15, 0.2) is 36.7 Å². The fraction of sp³-hybridized carbons (Fsp3) is 0.385. The minimum Gasteiger partial charge on any atom is -0.395 e. The van der Waals surface area contributed by atoms with Crippen LogP contribution in [-0.2, 0) is 10.2 Å². The number of morpholine rings is 1. The van der Waals surface area contributed by atoms with Gasteiger partial charge in [0.1, 0.15) is 5.82 Å². The molecule has 1 saturated heterocycles. The van der Waals surface area contributed by atoms with E-state index in [9.17, 15) is 15.2 Å². The molecule has 11 nitrogen and oxygen atoms in total. The molecule has 1 amide bonds. The third-order valence-electron chi connectivity index (χ3n) is 5.99. The van der Waals surface area contributed by atoms with Crippen LogP contribution in [-0.4, -0.2) is 70.4 Å². The van der Waals surface area contributed by atoms with Gasteiger partial charge in [-0.3, -0.25) is 14.8 Å². The number of ether oxygens (including phenoxy) is 1. The molecule has 11 heteroatoms. The van der Waals surface area contributed by atoms with E-state index in [4.69, 9.17) is 9.72 Å². The fourth-order valence-corrected chi connectivity index (χ4v) is 3.96. The summed E-state index contributed by atoms with van der Waals surface area (Å²) in [4.78, 5) is 33.2. The maximum absolute atomic E-state index is 13.0. The predicted molar refractivity (Wildman–Crippen MR) is 139 cm³/mol. The highest BCUT2D eigenvalue weighted by molar-refractivity contribution is 6.04. The first-order valence-electron chi connectivity index (χ1n) is 12.0. The lowest BCUT2D eigenvalue weighted by Crippen LogP contribution is -2.37. The molecule has 0 unspecified atom stereocenters. The summed E-state index contributed by atoms with van der Waals surface area (Å²) in [5.74, 6) is 0.754. The molecule has 1 fully saturated rings. The zero-order valence-corrected chi connectivity index (χ0v) is 21.2. The number of aryl methyl sites for hydroxylation is 1. The molecule has 3 aromatic rings. The maximum atomic E-state index is 13.0. The molecule has 37 heavy (non-hydrogen) atoms. The zero-order chi connectivity index (χ0) is 26.4. The van der Waals surface area contributed by atoms with Crippen molar-refractivity contribution >= 4 is 23.4 Å². The quantitative estimate of drug-likeness (QED) is 0.419. The van der Waals surface area contributed by atoms with Gasteiger partial charge in [0.15, 0.2) is 0 Å². The predicted octanol–water partition coefficient (Wildman–Crippen LogP) is 2.54. The number of rotatable bonds is 8. The Balaban J connectivity index is 1.82. The Hall–Kier alpha value is -4.14. The van der Waals surface area contributed by atoms with Crippen molar-refractivity contribution in [1.82, 2.24) is 19.9 Å². The smallest absolute Gasteiger partial charge is 0.255 e. The van der Waals surface area contributed by atoms with E-state index in [1.54, 1.807) is 44.4 Å². The Bertz CT molecular complexity index is 1300. The highest BCUT2D eigenvalue weighted by atomic mass is 16.5. The molecule has 3 aromatic heterocycles. The summed E-state index contributed by atoms with van der Waals surface area (Å²) in [6, 6.07) is 9.19. The van der Waals surface area contributed by atoms with Crippen molar-refractivity contribution in [3.05, 3.63) is 53.6 Å². The Morgan fingerprint density at radius 2 is 1.92 bits per heavy atom. The van der Waals surface area contributed by atoms with Gasteiger partial charge in [0.2, 0.25) is 5.95 Å². The maximum Gasteiger partial charge on any atom is 0.255 e. The molecule has 4 rings (SSSR count). The summed E-state index contributed by atoms with van der Waals surface area (Å²) in [7, 11) is 0. The van der Waals surface area contributed by atoms with Crippen molar-refractivity contribution in [3.63, 3.8) is 0 Å². The Morgan fingerprint density at radius 1 is 1.19 bits per heavy atom. The number of carbonyl (C=O) groups is 1. The van der Waals surface area contributed by atoms with Gasteiger partial charge in [0.25, 0.3) is 5.91 Å². The van der Waals surface area contributed by atoms with Crippen LogP contribution in [0.2, 0.25) is 0 Å². The lowest BCUT2D eigenvalue weighted by atomic mass is 9.88. The third-order valence-corrected chi connectivity index (χ3v) is 5.99. The molecule has 0 aliphatic carbocycles. The number of nitrogens with zero attached hydrogens (tertiary/aromatic N) is 6. The average Bonchev–Trinajstić information content (AvgIpc) is 2.93. The molecular formula is C26H30N8O3. The van der Waals surface area contributed by atoms with Crippen LogP contribution in [0.4, 0.5) is 17.5 Å². The summed E-state index contributed by atoms with van der Waals surface area (Å²) >= 11 is 0. The van der Waals surface area contributed by atoms with E-state index >= 15 is 0 Å². The van der Waals surface area contributed by atoms with Gasteiger partial charge in [-0.1, -0.05) is 0 Å². The highest BCUT2D eigenvalue weighted by Crippen LogP contribution is 2.34. The topological polar surface area (TPSA) is 149 Å². The number of hydrogen-bond donors (Lipinski definition) is 3. The van der Waals surface area contributed by atoms with Crippen molar-refractivity contribution in [2.45, 2.75) is 26.2 Å². The van der Waals surface area contributed by atoms with Crippen molar-refractivity contribution in [2.24, 2.45) is 0 Å². The lowest BCUT2D eigenvalue weighted by Gasteiger charge is -2.28. The number of amides is 1. The van der Waals surface area contributed by atoms with E-state index in [1.165, 1.54) is 0 Å². The van der Waals surface area contributed by atoms with E-state index in [-0.39, 0.29) is 12.5 Å². The summed E-state index contributed by atoms with van der Waals surface area (Å²) < 4.78 is 5.48. The SMILES string of the molecule is Cc1nc(C(C)(C)C#N)c(NC(=O)c2ccncc2)cc1-c1cc(N2CCOCC2)nc(NCCO)n1.